The minimum Gasteiger partial charge on any atom is -0.331 e. The Morgan fingerprint density at radius 1 is 1.11 bits per heavy atom. The summed E-state index contributed by atoms with van der Waals surface area (Å²) in [7, 11) is 0. The summed E-state index contributed by atoms with van der Waals surface area (Å²) in [5.41, 5.74) is 0. The zero-order valence-corrected chi connectivity index (χ0v) is 5.46. The van der Waals surface area contributed by atoms with Crippen LogP contribution in [0, 0.1) is 0 Å². The maximum Gasteiger partial charge on any atom is 0.254 e. The van der Waals surface area contributed by atoms with E-state index in [1.54, 1.807) is 0 Å². The van der Waals surface area contributed by atoms with Crippen molar-refractivity contribution in [3.63, 3.8) is 0 Å². The summed E-state index contributed by atoms with van der Waals surface area (Å²) in [5, 5.41) is 0. The molecule has 0 unspecified atom stereocenters. The van der Waals surface area contributed by atoms with E-state index in [1.165, 1.54) is 6.32 Å². The Kier molecular flexibility index (Phi) is 1.20. The smallest absolute Gasteiger partial charge is 0.254 e. The fraction of sp³-hybridized carbons (Fsp3) is 0.429. The van der Waals surface area contributed by atoms with Crippen molar-refractivity contribution in [1.29, 1.82) is 0 Å². The van der Waals surface area contributed by atoms with Gasteiger partial charge in [0.05, 0.1) is 0 Å². The minimum absolute atomic E-state index is 0.731. The van der Waals surface area contributed by atoms with E-state index >= 15 is 0 Å². The van der Waals surface area contributed by atoms with Gasteiger partial charge >= 0.3 is 0 Å². The molecule has 0 aliphatic carbocycles. The second kappa shape index (κ2) is 2.03. The van der Waals surface area contributed by atoms with Crippen molar-refractivity contribution < 1.29 is 0 Å². The maximum atomic E-state index is 2.47. The van der Waals surface area contributed by atoms with E-state index in [-0.39, 0.29) is 0 Å². The van der Waals surface area contributed by atoms with Gasteiger partial charge < -0.3 is 4.81 Å². The van der Waals surface area contributed by atoms with Crippen LogP contribution in [0.2, 0.25) is 6.32 Å². The Hall–Kier alpha value is -0.495. The predicted molar refractivity (Wildman–Crippen MR) is 40.4 cm³/mol. The van der Waals surface area contributed by atoms with E-state index in [4.69, 9.17) is 0 Å². The van der Waals surface area contributed by atoms with Crippen LogP contribution in [0.15, 0.2) is 24.2 Å². The van der Waals surface area contributed by atoms with Gasteiger partial charge in [-0.05, 0) is 6.32 Å². The van der Waals surface area contributed by atoms with Gasteiger partial charge in [-0.1, -0.05) is 18.2 Å². The van der Waals surface area contributed by atoms with Gasteiger partial charge in [0, 0.05) is 13.1 Å². The topological polar surface area (TPSA) is 3.24 Å². The molecule has 46 valence electrons. The van der Waals surface area contributed by atoms with Crippen LogP contribution < -0.4 is 0 Å². The monoisotopic (exact) mass is 119 g/mol. The molecule has 0 aromatic carbocycles. The third-order valence-electron chi connectivity index (χ3n) is 2.05. The fourth-order valence-corrected chi connectivity index (χ4v) is 1.49. The van der Waals surface area contributed by atoms with Gasteiger partial charge in [-0.15, -0.1) is 5.98 Å². The molecule has 9 heavy (non-hydrogen) atoms. The lowest BCUT2D eigenvalue weighted by molar-refractivity contribution is 0.539. The van der Waals surface area contributed by atoms with Gasteiger partial charge in [-0.2, -0.15) is 0 Å². The van der Waals surface area contributed by atoms with Gasteiger partial charge in [-0.25, -0.2) is 0 Å². The van der Waals surface area contributed by atoms with E-state index < -0.39 is 0 Å². The van der Waals surface area contributed by atoms with Crippen LogP contribution in [-0.4, -0.2) is 24.7 Å². The Bertz CT molecular complexity index is 162. The first-order valence-corrected chi connectivity index (χ1v) is 3.52. The Morgan fingerprint density at radius 2 is 2.00 bits per heavy atom. The minimum atomic E-state index is 0.731. The zero-order valence-electron chi connectivity index (χ0n) is 5.46. The largest absolute Gasteiger partial charge is 0.331 e. The highest BCUT2D eigenvalue weighted by molar-refractivity contribution is 6.63. The summed E-state index contributed by atoms with van der Waals surface area (Å²) in [5.74, 6) is 2.31. The van der Waals surface area contributed by atoms with E-state index in [1.807, 2.05) is 0 Å². The highest BCUT2D eigenvalue weighted by Gasteiger charge is 2.23. The molecule has 2 aliphatic rings. The second-order valence-corrected chi connectivity index (χ2v) is 2.66. The average Bonchev–Trinajstić information content (AvgIpc) is 2.33. The molecule has 0 N–H and O–H groups in total. The molecule has 0 bridgehead atoms. The van der Waals surface area contributed by atoms with Crippen molar-refractivity contribution in [3.8, 4) is 0 Å². The van der Waals surface area contributed by atoms with E-state index in [0.29, 0.717) is 0 Å². The van der Waals surface area contributed by atoms with Gasteiger partial charge in [0.2, 0.25) is 0 Å². The van der Waals surface area contributed by atoms with Gasteiger partial charge in [0.1, 0.15) is 0 Å². The molecule has 0 fully saturated rings. The third kappa shape index (κ3) is 0.835. The number of hydrogen-bond donors (Lipinski definition) is 0. The highest BCUT2D eigenvalue weighted by Crippen LogP contribution is 2.13. The molecule has 0 saturated heterocycles. The number of fused-ring (bicyclic) bond motifs is 1. The molecule has 0 aromatic rings. The first kappa shape index (κ1) is 5.30. The van der Waals surface area contributed by atoms with Crippen LogP contribution in [0.25, 0.3) is 0 Å². The summed E-state index contributed by atoms with van der Waals surface area (Å²) >= 11 is 0. The van der Waals surface area contributed by atoms with Crippen molar-refractivity contribution in [2.24, 2.45) is 0 Å². The summed E-state index contributed by atoms with van der Waals surface area (Å²) in [6.07, 6.45) is 8.01. The maximum absolute atomic E-state index is 2.47. The molecule has 2 heteroatoms. The van der Waals surface area contributed by atoms with E-state index in [9.17, 15) is 0 Å². The van der Waals surface area contributed by atoms with Crippen LogP contribution in [0.4, 0.5) is 0 Å². The fourth-order valence-electron chi connectivity index (χ4n) is 1.49. The van der Waals surface area contributed by atoms with Crippen molar-refractivity contribution >= 4 is 6.85 Å². The van der Waals surface area contributed by atoms with E-state index in [0.717, 1.165) is 19.9 Å². The van der Waals surface area contributed by atoms with Crippen molar-refractivity contribution in [3.05, 3.63) is 24.2 Å². The average molecular weight is 119 g/mol. The molecule has 0 amide bonds. The van der Waals surface area contributed by atoms with Crippen LogP contribution in [0.5, 0.6) is 0 Å². The lowest BCUT2D eigenvalue weighted by Crippen LogP contribution is -2.35. The number of rotatable bonds is 0. The number of allylic oxidation sites excluding steroid dienone is 1. The Morgan fingerprint density at radius 3 is 2.89 bits per heavy atom. The summed E-state index contributed by atoms with van der Waals surface area (Å²) in [6, 6.07) is 0. The molecule has 2 aliphatic heterocycles. The molecular formula is C7H10BN. The van der Waals surface area contributed by atoms with Crippen molar-refractivity contribution in [2.45, 2.75) is 6.32 Å². The second-order valence-electron chi connectivity index (χ2n) is 2.66. The zero-order chi connectivity index (χ0) is 6.10. The quantitative estimate of drug-likeness (QED) is 0.339. The molecule has 0 atom stereocenters. The van der Waals surface area contributed by atoms with Crippen LogP contribution in [-0.2, 0) is 0 Å². The van der Waals surface area contributed by atoms with Crippen LogP contribution in [0.3, 0.4) is 0 Å². The number of hydrogen-bond acceptors (Lipinski definition) is 1. The summed E-state index contributed by atoms with van der Waals surface area (Å²) in [4.78, 5) is 2.47. The highest BCUT2D eigenvalue weighted by atomic mass is 15.1. The summed E-state index contributed by atoms with van der Waals surface area (Å²) < 4.78 is 0. The van der Waals surface area contributed by atoms with Gasteiger partial charge in [0.15, 0.2) is 0 Å². The standard InChI is InChI=1S/C7H10BN/c1-2-6-9-7-3-5-8(9)4-1/h1-3,5H,4,6-7H2. The SMILES string of the molecule is C1=CCN2CC=CB2C1. The molecular weight excluding hydrogens is 109 g/mol. The normalized spacial score (nSPS) is 25.1. The van der Waals surface area contributed by atoms with Gasteiger partial charge in [-0.3, -0.25) is 0 Å². The Balaban J connectivity index is 2.13. The molecule has 0 aromatic heterocycles. The predicted octanol–water partition coefficient (Wildman–Crippen LogP) is 0.959. The third-order valence-corrected chi connectivity index (χ3v) is 2.05. The van der Waals surface area contributed by atoms with Crippen LogP contribution >= 0.6 is 0 Å². The Labute approximate surface area is 56.1 Å². The number of nitrogens with zero attached hydrogens (tertiary/aromatic N) is 1. The van der Waals surface area contributed by atoms with Crippen molar-refractivity contribution in [1.82, 2.24) is 4.81 Å². The molecule has 2 heterocycles. The molecule has 0 radical (unpaired) electrons. The molecule has 0 saturated carbocycles. The van der Waals surface area contributed by atoms with Crippen molar-refractivity contribution in [2.75, 3.05) is 13.1 Å². The molecule has 1 nitrogen and oxygen atoms in total. The lowest BCUT2D eigenvalue weighted by Gasteiger charge is -2.22. The first-order chi connectivity index (χ1) is 4.47. The lowest BCUT2D eigenvalue weighted by atomic mass is 9.58. The van der Waals surface area contributed by atoms with Crippen LogP contribution in [0.1, 0.15) is 0 Å². The molecule has 2 rings (SSSR count). The first-order valence-electron chi connectivity index (χ1n) is 3.52. The summed E-state index contributed by atoms with van der Waals surface area (Å²) in [6.45, 7) is 3.04. The van der Waals surface area contributed by atoms with E-state index in [2.05, 4.69) is 29.0 Å². The molecule has 0 spiro atoms. The van der Waals surface area contributed by atoms with Gasteiger partial charge in [0.25, 0.3) is 6.85 Å².